The van der Waals surface area contributed by atoms with Gasteiger partial charge in [-0.25, -0.2) is 15.0 Å². The van der Waals surface area contributed by atoms with Crippen LogP contribution in [0.4, 0.5) is 19.0 Å². The molecule has 0 unspecified atom stereocenters. The van der Waals surface area contributed by atoms with Crippen molar-refractivity contribution in [3.8, 4) is 0 Å². The Bertz CT molecular complexity index is 1190. The smallest absolute Gasteiger partial charge is 0.342 e. The molecule has 1 atom stereocenters. The van der Waals surface area contributed by atoms with Gasteiger partial charge in [0.2, 0.25) is 0 Å². The molecule has 13 heteroatoms. The first-order chi connectivity index (χ1) is 15.1. The second-order valence-corrected chi connectivity index (χ2v) is 8.54. The second kappa shape index (κ2) is 8.51. The number of carbonyl (C=O) groups excluding carboxylic acids is 2. The van der Waals surface area contributed by atoms with Crippen molar-refractivity contribution in [1.82, 2.24) is 24.8 Å². The van der Waals surface area contributed by atoms with Crippen molar-refractivity contribution in [2.45, 2.75) is 38.5 Å². The summed E-state index contributed by atoms with van der Waals surface area (Å²) in [4.78, 5) is 37.3. The molecule has 0 spiro atoms. The van der Waals surface area contributed by atoms with E-state index in [2.05, 4.69) is 25.6 Å². The standard InChI is InChI=1S/C19H16ClF3N6O2S/c1-9(27-16(30)12-7-25-15-3-2-4-29(12)15)18-26-8-13(32-18)17(31)28-14-5-10(19(21,22)23)11(20)6-24-14/h5-9H,2-4H2,1H3,(H,27,30)(H,24,28,31)/t9-/m1/s1. The first-order valence-corrected chi connectivity index (χ1v) is 10.7. The minimum Gasteiger partial charge on any atom is -0.342 e. The van der Waals surface area contributed by atoms with Crippen LogP contribution in [0.25, 0.3) is 0 Å². The maximum Gasteiger partial charge on any atom is 0.418 e. The fourth-order valence-corrected chi connectivity index (χ4v) is 4.29. The molecule has 0 saturated heterocycles. The van der Waals surface area contributed by atoms with Crippen molar-refractivity contribution >= 4 is 40.6 Å². The maximum absolute atomic E-state index is 13.0. The van der Waals surface area contributed by atoms with Crippen molar-refractivity contribution in [1.29, 1.82) is 0 Å². The number of hydrogen-bond acceptors (Lipinski definition) is 6. The lowest BCUT2D eigenvalue weighted by atomic mass is 10.2. The molecule has 1 aliphatic heterocycles. The predicted octanol–water partition coefficient (Wildman–Crippen LogP) is 4.10. The number of aryl methyl sites for hydroxylation is 1. The van der Waals surface area contributed by atoms with Crippen LogP contribution >= 0.6 is 22.9 Å². The summed E-state index contributed by atoms with van der Waals surface area (Å²) >= 11 is 6.55. The minimum atomic E-state index is -4.68. The van der Waals surface area contributed by atoms with Gasteiger partial charge in [0.15, 0.2) is 0 Å². The normalized spacial score (nSPS) is 14.2. The van der Waals surface area contributed by atoms with Crippen molar-refractivity contribution in [2.24, 2.45) is 0 Å². The molecule has 0 radical (unpaired) electrons. The van der Waals surface area contributed by atoms with E-state index in [0.29, 0.717) is 16.8 Å². The number of thiazole rings is 1. The molecule has 0 aromatic carbocycles. The number of pyridine rings is 1. The van der Waals surface area contributed by atoms with E-state index in [1.165, 1.54) is 12.4 Å². The Morgan fingerprint density at radius 2 is 1.97 bits per heavy atom. The molecule has 0 aliphatic carbocycles. The molecule has 8 nitrogen and oxygen atoms in total. The average molecular weight is 485 g/mol. The Hall–Kier alpha value is -2.99. The number of hydrogen-bond donors (Lipinski definition) is 2. The number of nitrogens with zero attached hydrogens (tertiary/aromatic N) is 4. The van der Waals surface area contributed by atoms with E-state index in [0.717, 1.165) is 42.7 Å². The lowest BCUT2D eigenvalue weighted by molar-refractivity contribution is -0.137. The zero-order chi connectivity index (χ0) is 23.0. The third-order valence-electron chi connectivity index (χ3n) is 4.82. The van der Waals surface area contributed by atoms with Crippen molar-refractivity contribution in [3.05, 3.63) is 56.6 Å². The van der Waals surface area contributed by atoms with Gasteiger partial charge in [0.05, 0.1) is 29.0 Å². The molecule has 4 heterocycles. The number of amides is 2. The lowest BCUT2D eigenvalue weighted by Gasteiger charge is -2.12. The molecule has 0 saturated carbocycles. The van der Waals surface area contributed by atoms with Crippen LogP contribution in [0.1, 0.15) is 55.9 Å². The van der Waals surface area contributed by atoms with Gasteiger partial charge in [-0.15, -0.1) is 11.3 Å². The number of alkyl halides is 3. The summed E-state index contributed by atoms with van der Waals surface area (Å²) in [6.45, 7) is 2.46. The number of carbonyl (C=O) groups is 2. The van der Waals surface area contributed by atoms with E-state index in [-0.39, 0.29) is 16.6 Å². The van der Waals surface area contributed by atoms with Gasteiger partial charge in [-0.1, -0.05) is 11.6 Å². The molecule has 168 valence electrons. The highest BCUT2D eigenvalue weighted by Crippen LogP contribution is 2.35. The van der Waals surface area contributed by atoms with E-state index in [4.69, 9.17) is 11.6 Å². The second-order valence-electron chi connectivity index (χ2n) is 7.07. The Labute approximate surface area is 188 Å². The summed E-state index contributed by atoms with van der Waals surface area (Å²) in [6.07, 6.45) is 0.738. The Balaban J connectivity index is 1.43. The van der Waals surface area contributed by atoms with Crippen LogP contribution in [-0.2, 0) is 19.1 Å². The summed E-state index contributed by atoms with van der Waals surface area (Å²) in [7, 11) is 0. The van der Waals surface area contributed by atoms with E-state index >= 15 is 0 Å². The SMILES string of the molecule is C[C@@H](NC(=O)c1cnc2n1CCC2)c1ncc(C(=O)Nc2cc(C(F)(F)F)c(Cl)cn2)s1. The molecule has 0 fully saturated rings. The monoisotopic (exact) mass is 484 g/mol. The molecular weight excluding hydrogens is 469 g/mol. The number of nitrogens with one attached hydrogen (secondary N) is 2. The topological polar surface area (TPSA) is 102 Å². The lowest BCUT2D eigenvalue weighted by Crippen LogP contribution is -2.28. The molecule has 1 aliphatic rings. The number of fused-ring (bicyclic) bond motifs is 1. The minimum absolute atomic E-state index is 0.150. The van der Waals surface area contributed by atoms with E-state index in [1.807, 2.05) is 4.57 Å². The Morgan fingerprint density at radius 1 is 1.19 bits per heavy atom. The number of halogens is 4. The fourth-order valence-electron chi connectivity index (χ4n) is 3.27. The Morgan fingerprint density at radius 3 is 2.72 bits per heavy atom. The van der Waals surface area contributed by atoms with Crippen LogP contribution in [0.2, 0.25) is 5.02 Å². The van der Waals surface area contributed by atoms with Gasteiger partial charge in [-0.3, -0.25) is 9.59 Å². The van der Waals surface area contributed by atoms with Gasteiger partial charge < -0.3 is 15.2 Å². The van der Waals surface area contributed by atoms with E-state index < -0.39 is 28.7 Å². The highest BCUT2D eigenvalue weighted by atomic mass is 35.5. The summed E-state index contributed by atoms with van der Waals surface area (Å²) < 4.78 is 40.8. The highest BCUT2D eigenvalue weighted by molar-refractivity contribution is 7.13. The van der Waals surface area contributed by atoms with E-state index in [1.54, 1.807) is 6.92 Å². The molecule has 2 amide bonds. The Kier molecular flexibility index (Phi) is 5.91. The first-order valence-electron chi connectivity index (χ1n) is 9.48. The van der Waals surface area contributed by atoms with Gasteiger partial charge in [-0.2, -0.15) is 13.2 Å². The van der Waals surface area contributed by atoms with Gasteiger partial charge in [0, 0.05) is 19.2 Å². The van der Waals surface area contributed by atoms with Crippen LogP contribution in [-0.4, -0.2) is 31.3 Å². The molecule has 4 rings (SSSR count). The van der Waals surface area contributed by atoms with Crippen LogP contribution in [0, 0.1) is 0 Å². The zero-order valence-corrected chi connectivity index (χ0v) is 18.1. The first kappa shape index (κ1) is 22.2. The molecule has 32 heavy (non-hydrogen) atoms. The van der Waals surface area contributed by atoms with Crippen LogP contribution < -0.4 is 10.6 Å². The molecule has 2 N–H and O–H groups in total. The quantitative estimate of drug-likeness (QED) is 0.568. The largest absolute Gasteiger partial charge is 0.418 e. The number of anilines is 1. The third-order valence-corrected chi connectivity index (χ3v) is 6.30. The third kappa shape index (κ3) is 4.46. The van der Waals surface area contributed by atoms with Gasteiger partial charge in [-0.05, 0) is 19.4 Å². The molecule has 3 aromatic rings. The number of imidazole rings is 1. The van der Waals surface area contributed by atoms with Gasteiger partial charge >= 0.3 is 6.18 Å². The van der Waals surface area contributed by atoms with Crippen molar-refractivity contribution in [2.75, 3.05) is 5.32 Å². The number of rotatable bonds is 5. The van der Waals surface area contributed by atoms with E-state index in [9.17, 15) is 22.8 Å². The fraction of sp³-hybridized carbons (Fsp3) is 0.316. The molecule has 3 aromatic heterocycles. The summed E-state index contributed by atoms with van der Waals surface area (Å²) in [5, 5.41) is 5.03. The maximum atomic E-state index is 13.0. The predicted molar refractivity (Wildman–Crippen MR) is 111 cm³/mol. The summed E-state index contributed by atoms with van der Waals surface area (Å²) in [5.74, 6) is -0.397. The summed E-state index contributed by atoms with van der Waals surface area (Å²) in [6, 6.07) is 0.168. The van der Waals surface area contributed by atoms with Crippen LogP contribution in [0.5, 0.6) is 0 Å². The highest BCUT2D eigenvalue weighted by Gasteiger charge is 2.34. The van der Waals surface area contributed by atoms with Gasteiger partial charge in [0.1, 0.15) is 27.2 Å². The zero-order valence-electron chi connectivity index (χ0n) is 16.5. The summed E-state index contributed by atoms with van der Waals surface area (Å²) in [5.41, 5.74) is -0.634. The molecular formula is C19H16ClF3N6O2S. The van der Waals surface area contributed by atoms with Gasteiger partial charge in [0.25, 0.3) is 11.8 Å². The van der Waals surface area contributed by atoms with Crippen LogP contribution in [0.15, 0.2) is 24.7 Å². The number of aromatic nitrogens is 4. The molecule has 0 bridgehead atoms. The van der Waals surface area contributed by atoms with Crippen molar-refractivity contribution < 1.29 is 22.8 Å². The average Bonchev–Trinajstić information content (AvgIpc) is 3.45. The van der Waals surface area contributed by atoms with Crippen LogP contribution in [0.3, 0.4) is 0 Å². The van der Waals surface area contributed by atoms with Crippen molar-refractivity contribution in [3.63, 3.8) is 0 Å².